The van der Waals surface area contributed by atoms with Crippen LogP contribution in [0.25, 0.3) is 0 Å². The highest BCUT2D eigenvalue weighted by molar-refractivity contribution is 7.11. The highest BCUT2D eigenvalue weighted by Crippen LogP contribution is 2.28. The highest BCUT2D eigenvalue weighted by Gasteiger charge is 2.20. The van der Waals surface area contributed by atoms with Gasteiger partial charge in [-0.25, -0.2) is 4.98 Å². The Kier molecular flexibility index (Phi) is 3.69. The monoisotopic (exact) mass is 228 g/mol. The molecule has 84 valence electrons. The lowest BCUT2D eigenvalue weighted by molar-refractivity contribution is -0.0901. The van der Waals surface area contributed by atoms with Crippen LogP contribution in [0.3, 0.4) is 0 Å². The number of nitrogens with one attached hydrogen (secondary N) is 1. The third-order valence-electron chi connectivity index (χ3n) is 2.49. The summed E-state index contributed by atoms with van der Waals surface area (Å²) < 4.78 is 11.0. The first-order chi connectivity index (χ1) is 7.31. The smallest absolute Gasteiger partial charge is 0.132 e. The van der Waals surface area contributed by atoms with Crippen LogP contribution in [-0.2, 0) is 9.47 Å². The van der Waals surface area contributed by atoms with E-state index in [2.05, 4.69) is 17.2 Å². The minimum Gasteiger partial charge on any atom is -0.376 e. The van der Waals surface area contributed by atoms with E-state index in [0.717, 1.165) is 5.01 Å². The maximum atomic E-state index is 5.59. The van der Waals surface area contributed by atoms with Gasteiger partial charge < -0.3 is 14.8 Å². The van der Waals surface area contributed by atoms with E-state index in [1.54, 1.807) is 11.3 Å². The first kappa shape index (κ1) is 11.0. The predicted octanol–water partition coefficient (Wildman–Crippen LogP) is 1.51. The highest BCUT2D eigenvalue weighted by atomic mass is 32.1. The molecule has 0 amide bonds. The van der Waals surface area contributed by atoms with Crippen LogP contribution in [0.4, 0.5) is 0 Å². The van der Waals surface area contributed by atoms with Crippen molar-refractivity contribution in [3.63, 3.8) is 0 Å². The summed E-state index contributed by atoms with van der Waals surface area (Å²) in [6, 6.07) is 0.348. The van der Waals surface area contributed by atoms with Crippen LogP contribution < -0.4 is 5.32 Å². The van der Waals surface area contributed by atoms with E-state index in [-0.39, 0.29) is 6.10 Å². The fraction of sp³-hybridized carbons (Fsp3) is 0.700. The number of thiazole rings is 1. The Morgan fingerprint density at radius 1 is 1.60 bits per heavy atom. The zero-order valence-corrected chi connectivity index (χ0v) is 9.84. The van der Waals surface area contributed by atoms with Gasteiger partial charge >= 0.3 is 0 Å². The van der Waals surface area contributed by atoms with Crippen molar-refractivity contribution in [2.45, 2.75) is 19.1 Å². The third kappa shape index (κ3) is 2.55. The van der Waals surface area contributed by atoms with Crippen LogP contribution in [0, 0.1) is 0 Å². The zero-order valence-electron chi connectivity index (χ0n) is 9.03. The van der Waals surface area contributed by atoms with Crippen LogP contribution in [0.15, 0.2) is 6.20 Å². The zero-order chi connectivity index (χ0) is 10.7. The van der Waals surface area contributed by atoms with Gasteiger partial charge in [-0.1, -0.05) is 0 Å². The second kappa shape index (κ2) is 5.03. The van der Waals surface area contributed by atoms with Crippen LogP contribution in [0.2, 0.25) is 0 Å². The number of rotatable bonds is 3. The van der Waals surface area contributed by atoms with Crippen molar-refractivity contribution in [2.24, 2.45) is 0 Å². The van der Waals surface area contributed by atoms with E-state index in [4.69, 9.17) is 9.47 Å². The summed E-state index contributed by atoms with van der Waals surface area (Å²) in [5.74, 6) is 0. The second-order valence-electron chi connectivity index (χ2n) is 3.55. The quantitative estimate of drug-likeness (QED) is 0.851. The molecular weight excluding hydrogens is 212 g/mol. The van der Waals surface area contributed by atoms with Crippen molar-refractivity contribution in [2.75, 3.05) is 26.9 Å². The standard InChI is InChI=1S/C10H16N2O2S/c1-7(11-2)9-5-12-10(15-9)8-6-13-3-4-14-8/h5,7-8,11H,3-4,6H2,1-2H3. The molecule has 1 saturated heterocycles. The van der Waals surface area contributed by atoms with Crippen LogP contribution in [0.5, 0.6) is 0 Å². The summed E-state index contributed by atoms with van der Waals surface area (Å²) in [5, 5.41) is 4.22. The van der Waals surface area contributed by atoms with Gasteiger partial charge in [0.25, 0.3) is 0 Å². The number of ether oxygens (including phenoxy) is 2. The minimum atomic E-state index is 0.0292. The molecule has 1 aromatic heterocycles. The average Bonchev–Trinajstić information content (AvgIpc) is 2.78. The lowest BCUT2D eigenvalue weighted by Gasteiger charge is -2.20. The molecule has 0 spiro atoms. The summed E-state index contributed by atoms with van der Waals surface area (Å²) in [4.78, 5) is 5.62. The summed E-state index contributed by atoms with van der Waals surface area (Å²) in [7, 11) is 1.95. The summed E-state index contributed by atoms with van der Waals surface area (Å²) in [6.45, 7) is 4.11. The molecule has 2 atom stereocenters. The van der Waals surface area contributed by atoms with E-state index >= 15 is 0 Å². The van der Waals surface area contributed by atoms with Crippen molar-refractivity contribution in [3.8, 4) is 0 Å². The molecule has 0 saturated carbocycles. The fourth-order valence-corrected chi connectivity index (χ4v) is 2.44. The molecule has 0 aromatic carbocycles. The van der Waals surface area contributed by atoms with E-state index in [9.17, 15) is 0 Å². The molecule has 0 aliphatic carbocycles. The van der Waals surface area contributed by atoms with Crippen molar-refractivity contribution >= 4 is 11.3 Å². The molecule has 4 nitrogen and oxygen atoms in total. The maximum absolute atomic E-state index is 5.59. The Hall–Kier alpha value is -0.490. The molecule has 2 rings (SSSR count). The van der Waals surface area contributed by atoms with Crippen molar-refractivity contribution in [1.29, 1.82) is 0 Å². The van der Waals surface area contributed by atoms with Crippen LogP contribution >= 0.6 is 11.3 Å². The van der Waals surface area contributed by atoms with Crippen molar-refractivity contribution < 1.29 is 9.47 Å². The summed E-state index contributed by atoms with van der Waals surface area (Å²) in [5.41, 5.74) is 0. The molecule has 1 fully saturated rings. The van der Waals surface area contributed by atoms with Gasteiger partial charge in [-0.05, 0) is 14.0 Å². The van der Waals surface area contributed by atoms with Crippen LogP contribution in [-0.4, -0.2) is 31.9 Å². The lowest BCUT2D eigenvalue weighted by atomic mass is 10.3. The SMILES string of the molecule is CNC(C)c1cnc(C2COCCO2)s1. The van der Waals surface area contributed by atoms with E-state index in [0.29, 0.717) is 25.9 Å². The molecule has 1 aliphatic rings. The number of aromatic nitrogens is 1. The molecule has 1 N–H and O–H groups in total. The van der Waals surface area contributed by atoms with Gasteiger partial charge in [0.05, 0.1) is 19.8 Å². The van der Waals surface area contributed by atoms with Gasteiger partial charge in [0, 0.05) is 17.1 Å². The average molecular weight is 228 g/mol. The molecule has 2 unspecified atom stereocenters. The topological polar surface area (TPSA) is 43.4 Å². The summed E-state index contributed by atoms with van der Waals surface area (Å²) >= 11 is 1.69. The van der Waals surface area contributed by atoms with Gasteiger partial charge in [0.15, 0.2) is 0 Å². The molecule has 0 bridgehead atoms. The number of hydrogen-bond donors (Lipinski definition) is 1. The fourth-order valence-electron chi connectivity index (χ4n) is 1.42. The molecule has 1 aliphatic heterocycles. The Morgan fingerprint density at radius 2 is 2.47 bits per heavy atom. The lowest BCUT2D eigenvalue weighted by Crippen LogP contribution is -2.21. The van der Waals surface area contributed by atoms with E-state index in [1.165, 1.54) is 4.88 Å². The molecular formula is C10H16N2O2S. The van der Waals surface area contributed by atoms with Gasteiger partial charge in [-0.2, -0.15) is 0 Å². The van der Waals surface area contributed by atoms with Crippen molar-refractivity contribution in [3.05, 3.63) is 16.1 Å². The molecule has 1 aromatic rings. The number of hydrogen-bond acceptors (Lipinski definition) is 5. The Labute approximate surface area is 93.6 Å². The molecule has 5 heteroatoms. The van der Waals surface area contributed by atoms with Gasteiger partial charge in [-0.15, -0.1) is 11.3 Å². The first-order valence-corrected chi connectivity index (χ1v) is 5.95. The largest absolute Gasteiger partial charge is 0.376 e. The Bertz CT molecular complexity index is 310. The molecule has 15 heavy (non-hydrogen) atoms. The van der Waals surface area contributed by atoms with Gasteiger partial charge in [0.2, 0.25) is 0 Å². The maximum Gasteiger partial charge on any atom is 0.132 e. The normalized spacial score (nSPS) is 24.0. The predicted molar refractivity (Wildman–Crippen MR) is 59.1 cm³/mol. The first-order valence-electron chi connectivity index (χ1n) is 5.13. The van der Waals surface area contributed by atoms with Gasteiger partial charge in [0.1, 0.15) is 11.1 Å². The third-order valence-corrected chi connectivity index (χ3v) is 3.76. The Morgan fingerprint density at radius 3 is 3.13 bits per heavy atom. The molecule has 2 heterocycles. The van der Waals surface area contributed by atoms with E-state index < -0.39 is 0 Å². The van der Waals surface area contributed by atoms with Gasteiger partial charge in [-0.3, -0.25) is 0 Å². The minimum absolute atomic E-state index is 0.0292. The number of nitrogens with zero attached hydrogens (tertiary/aromatic N) is 1. The second-order valence-corrected chi connectivity index (χ2v) is 4.64. The Balaban J connectivity index is 2.05. The van der Waals surface area contributed by atoms with Crippen LogP contribution in [0.1, 0.15) is 29.0 Å². The molecule has 0 radical (unpaired) electrons. The van der Waals surface area contributed by atoms with Crippen molar-refractivity contribution in [1.82, 2.24) is 10.3 Å². The van der Waals surface area contributed by atoms with E-state index in [1.807, 2.05) is 13.2 Å². The summed E-state index contributed by atoms with van der Waals surface area (Å²) in [6.07, 6.45) is 1.95.